The van der Waals surface area contributed by atoms with Crippen molar-refractivity contribution < 1.29 is 84.0 Å². The monoisotopic (exact) mass is 570 g/mol. The molecule has 1 unspecified atom stereocenters. The lowest BCUT2D eigenvalue weighted by atomic mass is 9.94. The molecular weight excluding hydrogens is 560 g/mol. The SMILES string of the molecule is O=P(OCC(F)(F)F)(OCC(F)(F)F)OC(c1ccccc1)C(F)(F)C(F)(F)C(F)(F)C(F)(F)F. The minimum absolute atomic E-state index is 0.262. The van der Waals surface area contributed by atoms with E-state index in [1.807, 2.05) is 0 Å². The molecule has 0 fully saturated rings. The molecule has 35 heavy (non-hydrogen) atoms. The average molecular weight is 570 g/mol. The van der Waals surface area contributed by atoms with Gasteiger partial charge < -0.3 is 0 Å². The summed E-state index contributed by atoms with van der Waals surface area (Å²) in [6.07, 6.45) is -22.8. The predicted octanol–water partition coefficient (Wildman–Crippen LogP) is 7.48. The second kappa shape index (κ2) is 9.97. The highest BCUT2D eigenvalue weighted by Gasteiger charge is 2.83. The standard InChI is InChI=1S/C15H10F15O4P/c16-10(17,18)6-32-35(31,33-7-11(19,20)21)34-9(8-4-2-1-3-5-8)12(22,23)13(24,25)14(26,27)15(28,29)30/h1-5,9H,6-7H2. The second-order valence-electron chi connectivity index (χ2n) is 6.39. The van der Waals surface area contributed by atoms with Gasteiger partial charge >= 0.3 is 44.1 Å². The van der Waals surface area contributed by atoms with Crippen molar-refractivity contribution in [2.24, 2.45) is 0 Å². The first-order valence-corrected chi connectivity index (χ1v) is 9.78. The van der Waals surface area contributed by atoms with Gasteiger partial charge in [-0.2, -0.15) is 65.9 Å². The van der Waals surface area contributed by atoms with Crippen LogP contribution in [0.3, 0.4) is 0 Å². The second-order valence-corrected chi connectivity index (χ2v) is 8.01. The topological polar surface area (TPSA) is 44.8 Å². The number of phosphoric acid groups is 1. The summed E-state index contributed by atoms with van der Waals surface area (Å²) in [5.74, 6) is -21.8. The third-order valence-corrected chi connectivity index (χ3v) is 4.97. The fraction of sp³-hybridized carbons (Fsp3) is 0.600. The van der Waals surface area contributed by atoms with E-state index in [4.69, 9.17) is 0 Å². The average Bonchev–Trinajstić information content (AvgIpc) is 2.67. The van der Waals surface area contributed by atoms with Crippen LogP contribution in [0.4, 0.5) is 65.9 Å². The molecular formula is C15H10F15O4P. The molecule has 0 N–H and O–H groups in total. The number of rotatable bonds is 10. The van der Waals surface area contributed by atoms with E-state index in [1.54, 1.807) is 0 Å². The van der Waals surface area contributed by atoms with Gasteiger partial charge in [0.15, 0.2) is 19.3 Å². The Hall–Kier alpha value is -1.72. The Morgan fingerprint density at radius 3 is 1.40 bits per heavy atom. The molecule has 0 aliphatic rings. The van der Waals surface area contributed by atoms with Gasteiger partial charge in [0.1, 0.15) is 0 Å². The molecule has 1 atom stereocenters. The van der Waals surface area contributed by atoms with Gasteiger partial charge in [-0.05, 0) is 5.56 Å². The minimum atomic E-state index is -7.52. The first kappa shape index (κ1) is 31.3. The van der Waals surface area contributed by atoms with E-state index < -0.39 is 69.0 Å². The molecule has 0 spiro atoms. The molecule has 0 aliphatic heterocycles. The van der Waals surface area contributed by atoms with Crippen LogP contribution < -0.4 is 0 Å². The summed E-state index contributed by atoms with van der Waals surface area (Å²) in [5, 5.41) is 0. The van der Waals surface area contributed by atoms with Crippen LogP contribution in [0.2, 0.25) is 0 Å². The molecule has 1 rings (SSSR count). The number of phosphoric ester groups is 1. The van der Waals surface area contributed by atoms with Crippen LogP contribution in [0, 0.1) is 0 Å². The molecule has 0 saturated carbocycles. The van der Waals surface area contributed by atoms with Crippen molar-refractivity contribution in [1.82, 2.24) is 0 Å². The van der Waals surface area contributed by atoms with Gasteiger partial charge in [0, 0.05) is 0 Å². The lowest BCUT2D eigenvalue weighted by Crippen LogP contribution is -2.62. The van der Waals surface area contributed by atoms with Gasteiger partial charge in [-0.15, -0.1) is 0 Å². The predicted molar refractivity (Wildman–Crippen MR) is 82.8 cm³/mol. The lowest BCUT2D eigenvalue weighted by Gasteiger charge is -2.38. The summed E-state index contributed by atoms with van der Waals surface area (Å²) in [6, 6.07) is 2.76. The van der Waals surface area contributed by atoms with Crippen molar-refractivity contribution in [3.05, 3.63) is 35.9 Å². The van der Waals surface area contributed by atoms with Gasteiger partial charge in [0.05, 0.1) is 0 Å². The Morgan fingerprint density at radius 1 is 0.657 bits per heavy atom. The van der Waals surface area contributed by atoms with Gasteiger partial charge in [0.2, 0.25) is 0 Å². The summed E-state index contributed by atoms with van der Waals surface area (Å²) in [4.78, 5) is 0. The third-order valence-electron chi connectivity index (χ3n) is 3.61. The normalized spacial score (nSPS) is 15.9. The van der Waals surface area contributed by atoms with Crippen LogP contribution in [-0.2, 0) is 18.1 Å². The summed E-state index contributed by atoms with van der Waals surface area (Å²) in [6.45, 7) is -5.71. The Balaban J connectivity index is 3.64. The smallest absolute Gasteiger partial charge is 0.277 e. The molecule has 0 aliphatic carbocycles. The number of hydrogen-bond donors (Lipinski definition) is 0. The lowest BCUT2D eigenvalue weighted by molar-refractivity contribution is -0.405. The zero-order valence-corrected chi connectivity index (χ0v) is 17.0. The van der Waals surface area contributed by atoms with Crippen LogP contribution in [-0.4, -0.2) is 49.5 Å². The van der Waals surface area contributed by atoms with E-state index >= 15 is 0 Å². The molecule has 204 valence electrons. The van der Waals surface area contributed by atoms with Crippen LogP contribution in [0.25, 0.3) is 0 Å². The summed E-state index contributed by atoms with van der Waals surface area (Å²) >= 11 is 0. The third kappa shape index (κ3) is 7.63. The van der Waals surface area contributed by atoms with Crippen molar-refractivity contribution >= 4 is 7.82 Å². The van der Waals surface area contributed by atoms with Crippen molar-refractivity contribution in [3.8, 4) is 0 Å². The maximum Gasteiger partial charge on any atom is 0.476 e. The van der Waals surface area contributed by atoms with E-state index in [2.05, 4.69) is 13.6 Å². The molecule has 0 aromatic heterocycles. The fourth-order valence-electron chi connectivity index (χ4n) is 2.05. The molecule has 0 radical (unpaired) electrons. The molecule has 0 saturated heterocycles. The number of hydrogen-bond acceptors (Lipinski definition) is 4. The van der Waals surface area contributed by atoms with Crippen molar-refractivity contribution in [2.75, 3.05) is 13.2 Å². The van der Waals surface area contributed by atoms with Gasteiger partial charge in [-0.25, -0.2) is 4.57 Å². The maximum absolute atomic E-state index is 14.5. The largest absolute Gasteiger partial charge is 0.476 e. The first-order valence-electron chi connectivity index (χ1n) is 8.32. The molecule has 0 bridgehead atoms. The van der Waals surface area contributed by atoms with Crippen LogP contribution in [0.1, 0.15) is 11.7 Å². The van der Waals surface area contributed by atoms with Gasteiger partial charge in [-0.1, -0.05) is 30.3 Å². The van der Waals surface area contributed by atoms with Crippen LogP contribution in [0.5, 0.6) is 0 Å². The van der Waals surface area contributed by atoms with Crippen LogP contribution >= 0.6 is 7.82 Å². The Kier molecular flexibility index (Phi) is 8.92. The van der Waals surface area contributed by atoms with Gasteiger partial charge in [0.25, 0.3) is 0 Å². The fourth-order valence-corrected chi connectivity index (χ4v) is 3.37. The molecule has 0 amide bonds. The summed E-state index contributed by atoms with van der Waals surface area (Å²) < 4.78 is 218. The van der Waals surface area contributed by atoms with E-state index in [9.17, 15) is 70.4 Å². The van der Waals surface area contributed by atoms with Crippen molar-refractivity contribution in [1.29, 1.82) is 0 Å². The van der Waals surface area contributed by atoms with E-state index in [0.29, 0.717) is 12.1 Å². The minimum Gasteiger partial charge on any atom is -0.277 e. The number of benzene rings is 1. The van der Waals surface area contributed by atoms with E-state index in [-0.39, 0.29) is 12.1 Å². The van der Waals surface area contributed by atoms with Gasteiger partial charge in [-0.3, -0.25) is 13.6 Å². The zero-order valence-electron chi connectivity index (χ0n) is 16.1. The molecule has 1 aromatic rings. The summed E-state index contributed by atoms with van der Waals surface area (Å²) in [5.41, 5.74) is -1.53. The molecule has 20 heteroatoms. The summed E-state index contributed by atoms with van der Waals surface area (Å²) in [7, 11) is -6.67. The van der Waals surface area contributed by atoms with E-state index in [0.717, 1.165) is 6.07 Å². The Bertz CT molecular complexity index is 857. The maximum atomic E-state index is 14.5. The highest BCUT2D eigenvalue weighted by molar-refractivity contribution is 7.48. The zero-order chi connectivity index (χ0) is 27.7. The quantitative estimate of drug-likeness (QED) is 0.216. The Morgan fingerprint density at radius 2 is 1.06 bits per heavy atom. The molecule has 4 nitrogen and oxygen atoms in total. The van der Waals surface area contributed by atoms with Crippen LogP contribution in [0.15, 0.2) is 30.3 Å². The molecule has 0 heterocycles. The highest BCUT2D eigenvalue weighted by atomic mass is 31.2. The Labute approximate surface area is 184 Å². The van der Waals surface area contributed by atoms with Crippen molar-refractivity contribution in [2.45, 2.75) is 42.4 Å². The number of halogens is 15. The highest BCUT2D eigenvalue weighted by Crippen LogP contribution is 2.62. The van der Waals surface area contributed by atoms with E-state index in [1.165, 1.54) is 0 Å². The first-order chi connectivity index (χ1) is 15.4. The number of alkyl halides is 15. The van der Waals surface area contributed by atoms with Crippen molar-refractivity contribution in [3.63, 3.8) is 0 Å². The molecule has 1 aromatic carbocycles.